The molecule has 0 aromatic carbocycles. The summed E-state index contributed by atoms with van der Waals surface area (Å²) in [5.74, 6) is 0. The standard InChI is InChI=1S/C14H30N2O/c1-2-3-4-5-6-8-15-9-7-10-16(12-11-15)13-14-17/h17H,2-14H2,1H3. The lowest BCUT2D eigenvalue weighted by atomic mass is 10.1. The number of unbranched alkanes of at least 4 members (excludes halogenated alkanes) is 4. The molecule has 0 amide bonds. The first kappa shape index (κ1) is 14.9. The number of aliphatic hydroxyl groups excluding tert-OH is 1. The minimum Gasteiger partial charge on any atom is -0.395 e. The molecule has 102 valence electrons. The van der Waals surface area contributed by atoms with Gasteiger partial charge in [-0.05, 0) is 32.5 Å². The molecule has 1 aliphatic rings. The van der Waals surface area contributed by atoms with Crippen LogP contribution in [-0.2, 0) is 0 Å². The molecule has 0 saturated carbocycles. The Morgan fingerprint density at radius 2 is 1.47 bits per heavy atom. The third kappa shape index (κ3) is 7.02. The van der Waals surface area contributed by atoms with Gasteiger partial charge in [-0.2, -0.15) is 0 Å². The molecule has 0 aromatic heterocycles. The van der Waals surface area contributed by atoms with Crippen molar-refractivity contribution in [1.29, 1.82) is 0 Å². The quantitative estimate of drug-likeness (QED) is 0.659. The molecule has 0 radical (unpaired) electrons. The predicted molar refractivity (Wildman–Crippen MR) is 73.3 cm³/mol. The zero-order valence-electron chi connectivity index (χ0n) is 11.5. The summed E-state index contributed by atoms with van der Waals surface area (Å²) in [6.07, 6.45) is 8.14. The molecule has 0 unspecified atom stereocenters. The van der Waals surface area contributed by atoms with Crippen LogP contribution in [0, 0.1) is 0 Å². The second-order valence-corrected chi connectivity index (χ2v) is 5.17. The third-order valence-electron chi connectivity index (χ3n) is 3.68. The van der Waals surface area contributed by atoms with Crippen LogP contribution in [0.15, 0.2) is 0 Å². The van der Waals surface area contributed by atoms with Gasteiger partial charge < -0.3 is 10.0 Å². The van der Waals surface area contributed by atoms with Gasteiger partial charge in [-0.3, -0.25) is 4.90 Å². The Bertz CT molecular complexity index is 176. The summed E-state index contributed by atoms with van der Waals surface area (Å²) in [5, 5.41) is 8.94. The van der Waals surface area contributed by atoms with E-state index >= 15 is 0 Å². The number of aliphatic hydroxyl groups is 1. The number of hydrogen-bond donors (Lipinski definition) is 1. The van der Waals surface area contributed by atoms with E-state index in [9.17, 15) is 0 Å². The maximum absolute atomic E-state index is 8.94. The Morgan fingerprint density at radius 1 is 0.824 bits per heavy atom. The van der Waals surface area contributed by atoms with Gasteiger partial charge in [0.1, 0.15) is 0 Å². The SMILES string of the molecule is CCCCCCCN1CCCN(CCO)CC1. The zero-order chi connectivity index (χ0) is 12.3. The molecule has 1 saturated heterocycles. The van der Waals surface area contributed by atoms with Gasteiger partial charge >= 0.3 is 0 Å². The molecular weight excluding hydrogens is 212 g/mol. The van der Waals surface area contributed by atoms with E-state index < -0.39 is 0 Å². The average molecular weight is 242 g/mol. The second kappa shape index (κ2) is 9.86. The van der Waals surface area contributed by atoms with Gasteiger partial charge in [0.05, 0.1) is 6.61 Å². The predicted octanol–water partition coefficient (Wildman–Crippen LogP) is 1.96. The van der Waals surface area contributed by atoms with Gasteiger partial charge in [0.2, 0.25) is 0 Å². The summed E-state index contributed by atoms with van der Waals surface area (Å²) in [4.78, 5) is 4.99. The second-order valence-electron chi connectivity index (χ2n) is 5.17. The van der Waals surface area contributed by atoms with E-state index in [1.54, 1.807) is 0 Å². The van der Waals surface area contributed by atoms with Crippen LogP contribution < -0.4 is 0 Å². The average Bonchev–Trinajstić information content (AvgIpc) is 2.55. The molecule has 17 heavy (non-hydrogen) atoms. The highest BCUT2D eigenvalue weighted by Gasteiger charge is 2.13. The topological polar surface area (TPSA) is 26.7 Å². The van der Waals surface area contributed by atoms with Crippen LogP contribution >= 0.6 is 0 Å². The number of rotatable bonds is 8. The normalized spacial score (nSPS) is 19.4. The third-order valence-corrected chi connectivity index (χ3v) is 3.68. The van der Waals surface area contributed by atoms with E-state index in [2.05, 4.69) is 16.7 Å². The fourth-order valence-corrected chi connectivity index (χ4v) is 2.55. The molecule has 0 bridgehead atoms. The molecular formula is C14H30N2O. The molecule has 1 rings (SSSR count). The molecule has 1 aliphatic heterocycles. The maximum Gasteiger partial charge on any atom is 0.0558 e. The van der Waals surface area contributed by atoms with E-state index in [1.165, 1.54) is 58.2 Å². The summed E-state index contributed by atoms with van der Waals surface area (Å²) in [6.45, 7) is 9.43. The van der Waals surface area contributed by atoms with Crippen molar-refractivity contribution in [1.82, 2.24) is 9.80 Å². The minimum absolute atomic E-state index is 0.303. The molecule has 1 fully saturated rings. The number of hydrogen-bond acceptors (Lipinski definition) is 3. The first-order valence-corrected chi connectivity index (χ1v) is 7.42. The first-order chi connectivity index (χ1) is 8.36. The highest BCUT2D eigenvalue weighted by molar-refractivity contribution is 4.69. The summed E-state index contributed by atoms with van der Waals surface area (Å²) < 4.78 is 0. The summed E-state index contributed by atoms with van der Waals surface area (Å²) in [6, 6.07) is 0. The number of β-amino-alcohol motifs (C(OH)–C–C–N with tert-alkyl or cyclic N) is 1. The van der Waals surface area contributed by atoms with Crippen LogP contribution in [0.4, 0.5) is 0 Å². The van der Waals surface area contributed by atoms with Crippen LogP contribution in [0.5, 0.6) is 0 Å². The van der Waals surface area contributed by atoms with Crippen LogP contribution in [-0.4, -0.2) is 60.8 Å². The molecule has 0 aliphatic carbocycles. The fourth-order valence-electron chi connectivity index (χ4n) is 2.55. The molecule has 1 N–H and O–H groups in total. The highest BCUT2D eigenvalue weighted by Crippen LogP contribution is 2.07. The molecule has 0 spiro atoms. The minimum atomic E-state index is 0.303. The van der Waals surface area contributed by atoms with E-state index in [1.807, 2.05) is 0 Å². The number of nitrogens with zero attached hydrogens (tertiary/aromatic N) is 2. The van der Waals surface area contributed by atoms with Crippen LogP contribution in [0.1, 0.15) is 45.4 Å². The van der Waals surface area contributed by atoms with Gasteiger partial charge in [0, 0.05) is 19.6 Å². The van der Waals surface area contributed by atoms with Crippen molar-refractivity contribution in [2.24, 2.45) is 0 Å². The summed E-state index contributed by atoms with van der Waals surface area (Å²) in [7, 11) is 0. The Morgan fingerprint density at radius 3 is 2.12 bits per heavy atom. The molecule has 3 nitrogen and oxygen atoms in total. The van der Waals surface area contributed by atoms with Gasteiger partial charge in [-0.1, -0.05) is 32.6 Å². The van der Waals surface area contributed by atoms with Crippen molar-refractivity contribution in [2.45, 2.75) is 45.4 Å². The lowest BCUT2D eigenvalue weighted by Crippen LogP contribution is -2.32. The van der Waals surface area contributed by atoms with Gasteiger partial charge in [-0.25, -0.2) is 0 Å². The molecule has 3 heteroatoms. The lowest BCUT2D eigenvalue weighted by Gasteiger charge is -2.21. The largest absolute Gasteiger partial charge is 0.395 e. The first-order valence-electron chi connectivity index (χ1n) is 7.42. The maximum atomic E-state index is 8.94. The highest BCUT2D eigenvalue weighted by atomic mass is 16.3. The van der Waals surface area contributed by atoms with Crippen molar-refractivity contribution in [2.75, 3.05) is 45.9 Å². The van der Waals surface area contributed by atoms with Crippen molar-refractivity contribution < 1.29 is 5.11 Å². The van der Waals surface area contributed by atoms with E-state index in [4.69, 9.17) is 5.11 Å². The molecule has 1 heterocycles. The van der Waals surface area contributed by atoms with Crippen molar-refractivity contribution in [3.05, 3.63) is 0 Å². The van der Waals surface area contributed by atoms with Crippen LogP contribution in [0.2, 0.25) is 0 Å². The van der Waals surface area contributed by atoms with Crippen LogP contribution in [0.25, 0.3) is 0 Å². The van der Waals surface area contributed by atoms with E-state index in [-0.39, 0.29) is 0 Å². The summed E-state index contributed by atoms with van der Waals surface area (Å²) in [5.41, 5.74) is 0. The van der Waals surface area contributed by atoms with E-state index in [0.717, 1.165) is 19.6 Å². The molecule has 0 aromatic rings. The van der Waals surface area contributed by atoms with Crippen LogP contribution in [0.3, 0.4) is 0 Å². The fraction of sp³-hybridized carbons (Fsp3) is 1.00. The lowest BCUT2D eigenvalue weighted by molar-refractivity contribution is 0.196. The van der Waals surface area contributed by atoms with E-state index in [0.29, 0.717) is 6.61 Å². The van der Waals surface area contributed by atoms with Gasteiger partial charge in [-0.15, -0.1) is 0 Å². The Labute approximate surface area is 107 Å². The van der Waals surface area contributed by atoms with Crippen molar-refractivity contribution in [3.63, 3.8) is 0 Å². The Hall–Kier alpha value is -0.120. The smallest absolute Gasteiger partial charge is 0.0558 e. The molecule has 0 atom stereocenters. The van der Waals surface area contributed by atoms with Crippen molar-refractivity contribution in [3.8, 4) is 0 Å². The zero-order valence-corrected chi connectivity index (χ0v) is 11.5. The Balaban J connectivity index is 2.05. The monoisotopic (exact) mass is 242 g/mol. The Kier molecular flexibility index (Phi) is 8.67. The van der Waals surface area contributed by atoms with Crippen molar-refractivity contribution >= 4 is 0 Å². The van der Waals surface area contributed by atoms with Gasteiger partial charge in [0.25, 0.3) is 0 Å². The van der Waals surface area contributed by atoms with Gasteiger partial charge in [0.15, 0.2) is 0 Å². The summed E-state index contributed by atoms with van der Waals surface area (Å²) >= 11 is 0.